The first-order valence-corrected chi connectivity index (χ1v) is 3.54. The van der Waals surface area contributed by atoms with E-state index in [1.54, 1.807) is 0 Å². The van der Waals surface area contributed by atoms with Gasteiger partial charge in [-0.3, -0.25) is 0 Å². The van der Waals surface area contributed by atoms with Gasteiger partial charge in [0.05, 0.1) is 0 Å². The highest BCUT2D eigenvalue weighted by Gasteiger charge is 2.16. The number of alkyl halides is 2. The fraction of sp³-hybridized carbons (Fsp3) is 0.286. The average Bonchev–Trinajstić information content (AvgIpc) is 1.96. The van der Waals surface area contributed by atoms with E-state index in [4.69, 9.17) is 16.7 Å². The number of halogens is 3. The lowest BCUT2D eigenvalue weighted by atomic mass is 10.2. The van der Waals surface area contributed by atoms with Gasteiger partial charge in [-0.2, -0.15) is 0 Å². The third-order valence-corrected chi connectivity index (χ3v) is 1.58. The Kier molecular flexibility index (Phi) is 2.47. The van der Waals surface area contributed by atoms with Crippen LogP contribution in [0.2, 0.25) is 5.15 Å². The van der Waals surface area contributed by atoms with Gasteiger partial charge in [-0.05, 0) is 18.6 Å². The molecule has 0 unspecified atom stereocenters. The predicted molar refractivity (Wildman–Crippen MR) is 40.6 cm³/mol. The maximum Gasteiger partial charge on any atom is 0.284 e. The summed E-state index contributed by atoms with van der Waals surface area (Å²) < 4.78 is 24.2. The van der Waals surface area contributed by atoms with E-state index in [-0.39, 0.29) is 5.15 Å². The van der Waals surface area contributed by atoms with E-state index < -0.39 is 17.9 Å². The van der Waals surface area contributed by atoms with E-state index in [2.05, 4.69) is 4.98 Å². The van der Waals surface area contributed by atoms with Crippen molar-refractivity contribution >= 4 is 11.6 Å². The van der Waals surface area contributed by atoms with Crippen molar-refractivity contribution in [2.24, 2.45) is 0 Å². The molecule has 66 valence electrons. The molecule has 12 heavy (non-hydrogen) atoms. The third kappa shape index (κ3) is 1.64. The summed E-state index contributed by atoms with van der Waals surface area (Å²) in [5, 5.41) is 9.05. The Labute approximate surface area is 72.8 Å². The third-order valence-electron chi connectivity index (χ3n) is 1.39. The minimum absolute atomic E-state index is 0.0411. The summed E-state index contributed by atoms with van der Waals surface area (Å²) in [5.41, 5.74) is -0.370. The van der Waals surface area contributed by atoms with Gasteiger partial charge in [-0.15, -0.1) is 0 Å². The van der Waals surface area contributed by atoms with Gasteiger partial charge >= 0.3 is 0 Å². The van der Waals surface area contributed by atoms with Crippen LogP contribution in [0.5, 0.6) is 5.75 Å². The summed E-state index contributed by atoms with van der Waals surface area (Å²) in [6, 6.07) is 1.32. The molecule has 1 aromatic heterocycles. The largest absolute Gasteiger partial charge is 0.506 e. The summed E-state index contributed by atoms with van der Waals surface area (Å²) in [6.45, 7) is 1.48. The van der Waals surface area contributed by atoms with Crippen LogP contribution < -0.4 is 0 Å². The van der Waals surface area contributed by atoms with Crippen molar-refractivity contribution in [1.82, 2.24) is 4.98 Å². The molecule has 0 aliphatic heterocycles. The molecule has 0 aromatic carbocycles. The smallest absolute Gasteiger partial charge is 0.284 e. The Hall–Kier alpha value is -0.900. The molecule has 0 bridgehead atoms. The van der Waals surface area contributed by atoms with Gasteiger partial charge in [0, 0.05) is 0 Å². The fourth-order valence-electron chi connectivity index (χ4n) is 0.801. The molecule has 0 amide bonds. The molecule has 2 nitrogen and oxygen atoms in total. The zero-order chi connectivity index (χ0) is 9.30. The molecule has 0 aliphatic rings. The molecule has 1 rings (SSSR count). The number of rotatable bonds is 1. The van der Waals surface area contributed by atoms with Crippen LogP contribution in [0.15, 0.2) is 6.07 Å². The van der Waals surface area contributed by atoms with E-state index in [0.717, 1.165) is 0 Å². The monoisotopic (exact) mass is 193 g/mol. The number of hydrogen-bond donors (Lipinski definition) is 1. The normalized spacial score (nSPS) is 10.8. The van der Waals surface area contributed by atoms with Crippen molar-refractivity contribution < 1.29 is 13.9 Å². The van der Waals surface area contributed by atoms with Crippen LogP contribution in [0.4, 0.5) is 8.78 Å². The second-order valence-corrected chi connectivity index (χ2v) is 2.68. The SMILES string of the molecule is Cc1cc(Cl)nc(C(F)F)c1O. The molecule has 1 heterocycles. The van der Waals surface area contributed by atoms with Crippen molar-refractivity contribution in [3.63, 3.8) is 0 Å². The Balaban J connectivity index is 3.28. The van der Waals surface area contributed by atoms with Crippen LogP contribution in [0.25, 0.3) is 0 Å². The average molecular weight is 194 g/mol. The summed E-state index contributed by atoms with van der Waals surface area (Å²) in [5.74, 6) is -0.491. The van der Waals surface area contributed by atoms with Gasteiger partial charge in [0.15, 0.2) is 0 Å². The summed E-state index contributed by atoms with van der Waals surface area (Å²) in [7, 11) is 0. The first-order valence-electron chi connectivity index (χ1n) is 3.16. The predicted octanol–water partition coefficient (Wildman–Crippen LogP) is 2.69. The van der Waals surface area contributed by atoms with Crippen molar-refractivity contribution in [2.75, 3.05) is 0 Å². The van der Waals surface area contributed by atoms with E-state index in [9.17, 15) is 8.78 Å². The van der Waals surface area contributed by atoms with Crippen molar-refractivity contribution in [2.45, 2.75) is 13.3 Å². The Morgan fingerprint density at radius 3 is 2.67 bits per heavy atom. The maximum atomic E-state index is 12.1. The number of pyridine rings is 1. The zero-order valence-electron chi connectivity index (χ0n) is 6.18. The lowest BCUT2D eigenvalue weighted by molar-refractivity contribution is 0.141. The molecular weight excluding hydrogens is 188 g/mol. The van der Waals surface area contributed by atoms with Crippen LogP contribution in [-0.4, -0.2) is 10.1 Å². The van der Waals surface area contributed by atoms with Crippen LogP contribution in [0.1, 0.15) is 17.7 Å². The zero-order valence-corrected chi connectivity index (χ0v) is 6.94. The first-order chi connectivity index (χ1) is 5.52. The number of aryl methyl sites for hydroxylation is 1. The van der Waals surface area contributed by atoms with Gasteiger partial charge in [-0.25, -0.2) is 13.8 Å². The number of aromatic hydroxyl groups is 1. The molecule has 0 atom stereocenters. The van der Waals surface area contributed by atoms with Crippen LogP contribution >= 0.6 is 11.6 Å². The first kappa shape index (κ1) is 9.19. The van der Waals surface area contributed by atoms with E-state index in [0.29, 0.717) is 5.56 Å². The lowest BCUT2D eigenvalue weighted by Gasteiger charge is -2.05. The van der Waals surface area contributed by atoms with Gasteiger partial charge in [0.25, 0.3) is 6.43 Å². The molecule has 0 aliphatic carbocycles. The minimum Gasteiger partial charge on any atom is -0.506 e. The second-order valence-electron chi connectivity index (χ2n) is 2.30. The molecule has 0 radical (unpaired) electrons. The summed E-state index contributed by atoms with van der Waals surface area (Å²) in [6.07, 6.45) is -2.80. The highest BCUT2D eigenvalue weighted by Crippen LogP contribution is 2.30. The van der Waals surface area contributed by atoms with Crippen molar-refractivity contribution in [3.8, 4) is 5.75 Å². The molecule has 5 heteroatoms. The van der Waals surface area contributed by atoms with Crippen molar-refractivity contribution in [3.05, 3.63) is 22.5 Å². The van der Waals surface area contributed by atoms with Crippen molar-refractivity contribution in [1.29, 1.82) is 0 Å². The van der Waals surface area contributed by atoms with Gasteiger partial charge in [0.1, 0.15) is 16.6 Å². The van der Waals surface area contributed by atoms with Gasteiger partial charge in [-0.1, -0.05) is 11.6 Å². The number of aromatic nitrogens is 1. The minimum atomic E-state index is -2.80. The maximum absolute atomic E-state index is 12.1. The molecule has 1 N–H and O–H groups in total. The van der Waals surface area contributed by atoms with E-state index in [1.807, 2.05) is 0 Å². The number of nitrogens with zero attached hydrogens (tertiary/aromatic N) is 1. The standard InChI is InChI=1S/C7H6ClF2NO/c1-3-2-4(8)11-5(6(3)12)7(9)10/h2,7,12H,1H3. The molecule has 0 saturated carbocycles. The molecule has 0 saturated heterocycles. The molecular formula is C7H6ClF2NO. The highest BCUT2D eigenvalue weighted by molar-refractivity contribution is 6.29. The lowest BCUT2D eigenvalue weighted by Crippen LogP contribution is -1.93. The summed E-state index contributed by atoms with van der Waals surface area (Å²) >= 11 is 5.41. The van der Waals surface area contributed by atoms with Crippen LogP contribution in [0, 0.1) is 6.92 Å². The Morgan fingerprint density at radius 2 is 2.17 bits per heavy atom. The molecule has 0 spiro atoms. The topological polar surface area (TPSA) is 33.1 Å². The highest BCUT2D eigenvalue weighted by atomic mass is 35.5. The quantitative estimate of drug-likeness (QED) is 0.696. The number of hydrogen-bond acceptors (Lipinski definition) is 2. The van der Waals surface area contributed by atoms with Crippen LogP contribution in [0.3, 0.4) is 0 Å². The second kappa shape index (κ2) is 3.23. The summed E-state index contributed by atoms with van der Waals surface area (Å²) in [4.78, 5) is 3.30. The Morgan fingerprint density at radius 1 is 1.58 bits per heavy atom. The molecule has 1 aromatic rings. The van der Waals surface area contributed by atoms with E-state index >= 15 is 0 Å². The van der Waals surface area contributed by atoms with Gasteiger partial charge < -0.3 is 5.11 Å². The van der Waals surface area contributed by atoms with Gasteiger partial charge in [0.2, 0.25) is 0 Å². The van der Waals surface area contributed by atoms with Crippen LogP contribution in [-0.2, 0) is 0 Å². The molecule has 0 fully saturated rings. The van der Waals surface area contributed by atoms with E-state index in [1.165, 1.54) is 13.0 Å². The Bertz CT molecular complexity index is 304. The fourth-order valence-corrected chi connectivity index (χ4v) is 1.06.